The van der Waals surface area contributed by atoms with Crippen LogP contribution in [0.15, 0.2) is 48.5 Å². The van der Waals surface area contributed by atoms with E-state index in [4.69, 9.17) is 0 Å². The maximum Gasteiger partial charge on any atom is 0.322 e. The van der Waals surface area contributed by atoms with Crippen molar-refractivity contribution < 1.29 is 13.6 Å². The minimum atomic E-state index is -0.777. The highest BCUT2D eigenvalue weighted by molar-refractivity contribution is 5.89. The molecule has 0 spiro atoms. The molecular formula is C17H17F2N3O. The molecule has 0 atom stereocenters. The van der Waals surface area contributed by atoms with E-state index in [9.17, 15) is 13.6 Å². The topological polar surface area (TPSA) is 35.6 Å². The molecular weight excluding hydrogens is 300 g/mol. The van der Waals surface area contributed by atoms with Crippen molar-refractivity contribution in [3.63, 3.8) is 0 Å². The predicted molar refractivity (Wildman–Crippen MR) is 85.6 cm³/mol. The number of piperazine rings is 1. The van der Waals surface area contributed by atoms with E-state index < -0.39 is 11.6 Å². The number of urea groups is 1. The Morgan fingerprint density at radius 1 is 0.957 bits per heavy atom. The third-order valence-corrected chi connectivity index (χ3v) is 3.86. The van der Waals surface area contributed by atoms with Crippen molar-refractivity contribution in [2.75, 3.05) is 36.4 Å². The number of benzene rings is 2. The Labute approximate surface area is 133 Å². The minimum absolute atomic E-state index is 0.0121. The Kier molecular flexibility index (Phi) is 4.41. The lowest BCUT2D eigenvalue weighted by molar-refractivity contribution is 0.208. The lowest BCUT2D eigenvalue weighted by atomic mass is 10.2. The largest absolute Gasteiger partial charge is 0.368 e. The number of para-hydroxylation sites is 1. The number of halogens is 2. The van der Waals surface area contributed by atoms with Crippen LogP contribution < -0.4 is 10.2 Å². The van der Waals surface area contributed by atoms with Crippen molar-refractivity contribution in [2.24, 2.45) is 0 Å². The summed E-state index contributed by atoms with van der Waals surface area (Å²) >= 11 is 0. The molecule has 2 aromatic rings. The van der Waals surface area contributed by atoms with Crippen molar-refractivity contribution in [2.45, 2.75) is 0 Å². The van der Waals surface area contributed by atoms with E-state index in [0.29, 0.717) is 26.2 Å². The number of nitrogens with one attached hydrogen (secondary N) is 1. The average Bonchev–Trinajstić information content (AvgIpc) is 2.58. The van der Waals surface area contributed by atoms with E-state index in [1.807, 2.05) is 30.3 Å². The molecule has 0 aliphatic carbocycles. The SMILES string of the molecule is O=C(Nc1ccc(F)cc1F)N1CCN(c2ccccc2)CC1. The van der Waals surface area contributed by atoms with Crippen molar-refractivity contribution >= 4 is 17.4 Å². The van der Waals surface area contributed by atoms with Crippen LogP contribution in [0, 0.1) is 11.6 Å². The van der Waals surface area contributed by atoms with Gasteiger partial charge in [0.15, 0.2) is 0 Å². The van der Waals surface area contributed by atoms with Gasteiger partial charge in [-0.1, -0.05) is 18.2 Å². The van der Waals surface area contributed by atoms with E-state index >= 15 is 0 Å². The summed E-state index contributed by atoms with van der Waals surface area (Å²) in [4.78, 5) is 16.0. The van der Waals surface area contributed by atoms with Crippen molar-refractivity contribution in [1.29, 1.82) is 0 Å². The van der Waals surface area contributed by atoms with E-state index in [-0.39, 0.29) is 11.7 Å². The third kappa shape index (κ3) is 3.59. The van der Waals surface area contributed by atoms with Crippen LogP contribution in [0.25, 0.3) is 0 Å². The number of nitrogens with zero attached hydrogens (tertiary/aromatic N) is 2. The van der Waals surface area contributed by atoms with Crippen LogP contribution in [0.3, 0.4) is 0 Å². The molecule has 1 N–H and O–H groups in total. The number of carbonyl (C=O) groups is 1. The molecule has 1 aliphatic rings. The Morgan fingerprint density at radius 3 is 2.30 bits per heavy atom. The highest BCUT2D eigenvalue weighted by Crippen LogP contribution is 2.18. The van der Waals surface area contributed by atoms with E-state index in [0.717, 1.165) is 17.8 Å². The van der Waals surface area contributed by atoms with Gasteiger partial charge in [-0.05, 0) is 24.3 Å². The van der Waals surface area contributed by atoms with Crippen LogP contribution in [0.1, 0.15) is 0 Å². The van der Waals surface area contributed by atoms with Crippen LogP contribution in [-0.2, 0) is 0 Å². The Balaban J connectivity index is 1.58. The molecule has 2 amide bonds. The van der Waals surface area contributed by atoms with Crippen molar-refractivity contribution in [3.05, 3.63) is 60.2 Å². The molecule has 23 heavy (non-hydrogen) atoms. The number of hydrogen-bond acceptors (Lipinski definition) is 2. The average molecular weight is 317 g/mol. The zero-order valence-electron chi connectivity index (χ0n) is 12.5. The van der Waals surface area contributed by atoms with Gasteiger partial charge in [0.2, 0.25) is 0 Å². The molecule has 0 bridgehead atoms. The molecule has 4 nitrogen and oxygen atoms in total. The second-order valence-corrected chi connectivity index (χ2v) is 5.36. The first kappa shape index (κ1) is 15.3. The predicted octanol–water partition coefficient (Wildman–Crippen LogP) is 3.32. The summed E-state index contributed by atoms with van der Waals surface area (Å²) in [6.07, 6.45) is 0. The van der Waals surface area contributed by atoms with Crippen LogP contribution in [0.2, 0.25) is 0 Å². The first-order valence-corrected chi connectivity index (χ1v) is 7.44. The molecule has 3 rings (SSSR count). The maximum atomic E-state index is 13.6. The summed E-state index contributed by atoms with van der Waals surface area (Å²) in [6, 6.07) is 12.7. The van der Waals surface area contributed by atoms with Gasteiger partial charge in [0.1, 0.15) is 11.6 Å². The van der Waals surface area contributed by atoms with Crippen LogP contribution >= 0.6 is 0 Å². The molecule has 120 valence electrons. The van der Waals surface area contributed by atoms with Crippen molar-refractivity contribution in [3.8, 4) is 0 Å². The van der Waals surface area contributed by atoms with E-state index in [1.165, 1.54) is 6.07 Å². The van der Waals surface area contributed by atoms with Gasteiger partial charge in [-0.2, -0.15) is 0 Å². The molecule has 6 heteroatoms. The highest BCUT2D eigenvalue weighted by atomic mass is 19.1. The number of hydrogen-bond donors (Lipinski definition) is 1. The lowest BCUT2D eigenvalue weighted by Crippen LogP contribution is -2.50. The van der Waals surface area contributed by atoms with Crippen molar-refractivity contribution in [1.82, 2.24) is 4.90 Å². The second kappa shape index (κ2) is 6.64. The molecule has 0 unspecified atom stereocenters. The van der Waals surface area contributed by atoms with Gasteiger partial charge in [0.05, 0.1) is 5.69 Å². The molecule has 1 aliphatic heterocycles. The van der Waals surface area contributed by atoms with E-state index in [2.05, 4.69) is 10.2 Å². The molecule has 2 aromatic carbocycles. The maximum absolute atomic E-state index is 13.6. The minimum Gasteiger partial charge on any atom is -0.368 e. The Bertz CT molecular complexity index is 685. The summed E-state index contributed by atoms with van der Waals surface area (Å²) < 4.78 is 26.5. The van der Waals surface area contributed by atoms with Gasteiger partial charge >= 0.3 is 6.03 Å². The summed E-state index contributed by atoms with van der Waals surface area (Å²) in [6.45, 7) is 2.51. The number of anilines is 2. The zero-order valence-corrected chi connectivity index (χ0v) is 12.5. The lowest BCUT2D eigenvalue weighted by Gasteiger charge is -2.36. The van der Waals surface area contributed by atoms with Crippen LogP contribution in [-0.4, -0.2) is 37.1 Å². The zero-order chi connectivity index (χ0) is 16.2. The molecule has 0 aromatic heterocycles. The summed E-state index contributed by atoms with van der Waals surface area (Å²) in [5, 5.41) is 2.49. The fourth-order valence-electron chi connectivity index (χ4n) is 2.59. The standard InChI is InChI=1S/C17H17F2N3O/c18-13-6-7-16(15(19)12-13)20-17(23)22-10-8-21(9-11-22)14-4-2-1-3-5-14/h1-7,12H,8-11H2,(H,20,23). The highest BCUT2D eigenvalue weighted by Gasteiger charge is 2.21. The molecule has 0 radical (unpaired) electrons. The summed E-state index contributed by atoms with van der Waals surface area (Å²) in [5.41, 5.74) is 1.11. The third-order valence-electron chi connectivity index (χ3n) is 3.86. The van der Waals surface area contributed by atoms with Gasteiger partial charge in [-0.25, -0.2) is 13.6 Å². The number of rotatable bonds is 2. The van der Waals surface area contributed by atoms with Crippen LogP contribution in [0.5, 0.6) is 0 Å². The number of carbonyl (C=O) groups excluding carboxylic acids is 1. The fourth-order valence-corrected chi connectivity index (χ4v) is 2.59. The summed E-state index contributed by atoms with van der Waals surface area (Å²) in [7, 11) is 0. The first-order valence-electron chi connectivity index (χ1n) is 7.44. The quantitative estimate of drug-likeness (QED) is 0.922. The molecule has 0 saturated carbocycles. The fraction of sp³-hybridized carbons (Fsp3) is 0.235. The van der Waals surface area contributed by atoms with Gasteiger partial charge in [-0.15, -0.1) is 0 Å². The molecule has 1 fully saturated rings. The summed E-state index contributed by atoms with van der Waals surface area (Å²) in [5.74, 6) is -1.45. The van der Waals surface area contributed by atoms with Gasteiger partial charge in [0, 0.05) is 37.9 Å². The second-order valence-electron chi connectivity index (χ2n) is 5.36. The monoisotopic (exact) mass is 317 g/mol. The van der Waals surface area contributed by atoms with Gasteiger partial charge in [0.25, 0.3) is 0 Å². The normalized spacial score (nSPS) is 14.7. The van der Waals surface area contributed by atoms with Gasteiger partial charge < -0.3 is 15.1 Å². The smallest absolute Gasteiger partial charge is 0.322 e. The Hall–Kier alpha value is -2.63. The first-order chi connectivity index (χ1) is 11.1. The molecule has 1 saturated heterocycles. The molecule has 1 heterocycles. The van der Waals surface area contributed by atoms with Crippen LogP contribution in [0.4, 0.5) is 25.0 Å². The van der Waals surface area contributed by atoms with E-state index in [1.54, 1.807) is 4.90 Å². The Morgan fingerprint density at radius 2 is 1.65 bits per heavy atom. The number of amides is 2. The van der Waals surface area contributed by atoms with Gasteiger partial charge in [-0.3, -0.25) is 0 Å².